The molecule has 0 unspecified atom stereocenters. The summed E-state index contributed by atoms with van der Waals surface area (Å²) in [5.41, 5.74) is 2.60. The predicted octanol–water partition coefficient (Wildman–Crippen LogP) is 3.41. The summed E-state index contributed by atoms with van der Waals surface area (Å²) in [7, 11) is 0. The second kappa shape index (κ2) is 5.47. The Kier molecular flexibility index (Phi) is 3.93. The molecule has 1 saturated heterocycles. The minimum atomic E-state index is -0.912. The average molecular weight is 259 g/mol. The van der Waals surface area contributed by atoms with Gasteiger partial charge >= 0.3 is 5.97 Å². The van der Waals surface area contributed by atoms with Crippen molar-refractivity contribution in [1.29, 1.82) is 0 Å². The van der Waals surface area contributed by atoms with Gasteiger partial charge in [-0.3, -0.25) is 0 Å². The highest BCUT2D eigenvalue weighted by atomic mass is 16.4. The first kappa shape index (κ1) is 13.7. The molecule has 2 rings (SSSR count). The molecule has 102 valence electrons. The molecule has 0 radical (unpaired) electrons. The molecule has 3 nitrogen and oxygen atoms in total. The van der Waals surface area contributed by atoms with E-state index < -0.39 is 5.97 Å². The summed E-state index contributed by atoms with van der Waals surface area (Å²) >= 11 is 0. The molecule has 0 saturated carbocycles. The molecule has 1 heterocycles. The lowest BCUT2D eigenvalue weighted by atomic mass is 9.75. The lowest BCUT2D eigenvalue weighted by molar-refractivity contribution is -0.131. The molecule has 0 aliphatic carbocycles. The predicted molar refractivity (Wildman–Crippen MR) is 78.3 cm³/mol. The van der Waals surface area contributed by atoms with Gasteiger partial charge in [-0.2, -0.15) is 0 Å². The first-order valence-corrected chi connectivity index (χ1v) is 6.84. The minimum absolute atomic E-state index is 0.479. The van der Waals surface area contributed by atoms with Crippen molar-refractivity contribution in [3.63, 3.8) is 0 Å². The SMILES string of the molecule is CCC1(CC)CN(c2cccc(/C=C/C(=O)O)c2)C1. The molecule has 1 aliphatic rings. The molecule has 0 bridgehead atoms. The Bertz CT molecular complexity index is 481. The number of carboxylic acids is 1. The van der Waals surface area contributed by atoms with Gasteiger partial charge in [0.25, 0.3) is 0 Å². The fourth-order valence-electron chi connectivity index (χ4n) is 2.64. The molecule has 1 aliphatic heterocycles. The van der Waals surface area contributed by atoms with Crippen LogP contribution in [-0.2, 0) is 4.79 Å². The third-order valence-electron chi connectivity index (χ3n) is 4.21. The normalized spacial score (nSPS) is 17.5. The Morgan fingerprint density at radius 1 is 1.37 bits per heavy atom. The van der Waals surface area contributed by atoms with Gasteiger partial charge in [-0.25, -0.2) is 4.79 Å². The van der Waals surface area contributed by atoms with Crippen LogP contribution in [0.5, 0.6) is 0 Å². The molecule has 1 aromatic rings. The van der Waals surface area contributed by atoms with Gasteiger partial charge < -0.3 is 10.0 Å². The van der Waals surface area contributed by atoms with Crippen molar-refractivity contribution in [2.75, 3.05) is 18.0 Å². The lowest BCUT2D eigenvalue weighted by Gasteiger charge is -2.51. The van der Waals surface area contributed by atoms with Crippen LogP contribution in [0.1, 0.15) is 32.3 Å². The highest BCUT2D eigenvalue weighted by molar-refractivity contribution is 5.85. The van der Waals surface area contributed by atoms with Gasteiger partial charge in [0.15, 0.2) is 0 Å². The van der Waals surface area contributed by atoms with Gasteiger partial charge in [-0.05, 0) is 36.6 Å². The van der Waals surface area contributed by atoms with E-state index in [2.05, 4.69) is 30.9 Å². The average Bonchev–Trinajstić information content (AvgIpc) is 2.37. The van der Waals surface area contributed by atoms with E-state index in [1.807, 2.05) is 12.1 Å². The fourth-order valence-corrected chi connectivity index (χ4v) is 2.64. The molecule has 19 heavy (non-hydrogen) atoms. The third kappa shape index (κ3) is 2.98. The van der Waals surface area contributed by atoms with Crippen molar-refractivity contribution < 1.29 is 9.90 Å². The zero-order chi connectivity index (χ0) is 13.9. The molecule has 0 aromatic heterocycles. The maximum absolute atomic E-state index is 10.5. The summed E-state index contributed by atoms with van der Waals surface area (Å²) in [5, 5.41) is 8.65. The maximum atomic E-state index is 10.5. The van der Waals surface area contributed by atoms with E-state index in [9.17, 15) is 4.79 Å². The van der Waals surface area contributed by atoms with E-state index in [0.717, 1.165) is 18.7 Å². The van der Waals surface area contributed by atoms with Crippen LogP contribution in [0.3, 0.4) is 0 Å². The van der Waals surface area contributed by atoms with E-state index in [1.54, 1.807) is 6.08 Å². The largest absolute Gasteiger partial charge is 0.478 e. The number of carbonyl (C=O) groups is 1. The van der Waals surface area contributed by atoms with Gasteiger partial charge in [0, 0.05) is 30.3 Å². The molecule has 0 amide bonds. The standard InChI is InChI=1S/C16H21NO2/c1-3-16(4-2)11-17(12-16)14-7-5-6-13(10-14)8-9-15(18)19/h5-10H,3-4,11-12H2,1-2H3,(H,18,19)/b9-8+. The first-order chi connectivity index (χ1) is 9.08. The van der Waals surface area contributed by atoms with E-state index >= 15 is 0 Å². The van der Waals surface area contributed by atoms with Crippen molar-refractivity contribution >= 4 is 17.7 Å². The number of anilines is 1. The lowest BCUT2D eigenvalue weighted by Crippen LogP contribution is -2.55. The summed E-state index contributed by atoms with van der Waals surface area (Å²) in [6.45, 7) is 6.72. The van der Waals surface area contributed by atoms with Crippen LogP contribution < -0.4 is 4.90 Å². The van der Waals surface area contributed by atoms with E-state index in [4.69, 9.17) is 5.11 Å². The number of nitrogens with zero attached hydrogens (tertiary/aromatic N) is 1. The number of rotatable bonds is 5. The zero-order valence-electron chi connectivity index (χ0n) is 11.6. The number of aliphatic carboxylic acids is 1. The highest BCUT2D eigenvalue weighted by Crippen LogP contribution is 2.39. The quantitative estimate of drug-likeness (QED) is 0.824. The van der Waals surface area contributed by atoms with Crippen molar-refractivity contribution in [1.82, 2.24) is 0 Å². The van der Waals surface area contributed by atoms with E-state index in [0.29, 0.717) is 5.41 Å². The molecule has 1 fully saturated rings. The molecule has 0 spiro atoms. The van der Waals surface area contributed by atoms with Crippen LogP contribution in [0.15, 0.2) is 30.3 Å². The summed E-state index contributed by atoms with van der Waals surface area (Å²) in [4.78, 5) is 12.9. The third-order valence-corrected chi connectivity index (χ3v) is 4.21. The Labute approximate surface area is 114 Å². The van der Waals surface area contributed by atoms with E-state index in [1.165, 1.54) is 24.6 Å². The highest BCUT2D eigenvalue weighted by Gasteiger charge is 2.39. The number of benzene rings is 1. The Hall–Kier alpha value is -1.77. The second-order valence-electron chi connectivity index (χ2n) is 5.33. The van der Waals surface area contributed by atoms with E-state index in [-0.39, 0.29) is 0 Å². The smallest absolute Gasteiger partial charge is 0.328 e. The maximum Gasteiger partial charge on any atom is 0.328 e. The van der Waals surface area contributed by atoms with Crippen molar-refractivity contribution in [2.45, 2.75) is 26.7 Å². The molecular weight excluding hydrogens is 238 g/mol. The fraction of sp³-hybridized carbons (Fsp3) is 0.438. The zero-order valence-corrected chi connectivity index (χ0v) is 11.6. The Morgan fingerprint density at radius 2 is 2.05 bits per heavy atom. The van der Waals surface area contributed by atoms with Crippen LogP contribution in [-0.4, -0.2) is 24.2 Å². The van der Waals surface area contributed by atoms with Gasteiger partial charge in [0.2, 0.25) is 0 Å². The van der Waals surface area contributed by atoms with Crippen LogP contribution in [0, 0.1) is 5.41 Å². The number of hydrogen-bond donors (Lipinski definition) is 1. The summed E-state index contributed by atoms with van der Waals surface area (Å²) in [6, 6.07) is 8.05. The molecule has 0 atom stereocenters. The molecular formula is C16H21NO2. The molecule has 1 N–H and O–H groups in total. The second-order valence-corrected chi connectivity index (χ2v) is 5.33. The summed E-state index contributed by atoms with van der Waals surface area (Å²) < 4.78 is 0. The molecule has 1 aromatic carbocycles. The number of carboxylic acid groups (broad SMARTS) is 1. The topological polar surface area (TPSA) is 40.5 Å². The summed E-state index contributed by atoms with van der Waals surface area (Å²) in [6.07, 6.45) is 5.26. The number of hydrogen-bond acceptors (Lipinski definition) is 2. The van der Waals surface area contributed by atoms with Crippen LogP contribution in [0.4, 0.5) is 5.69 Å². The van der Waals surface area contributed by atoms with Crippen molar-refractivity contribution in [2.24, 2.45) is 5.41 Å². The van der Waals surface area contributed by atoms with Crippen molar-refractivity contribution in [3.05, 3.63) is 35.9 Å². The van der Waals surface area contributed by atoms with Crippen LogP contribution >= 0.6 is 0 Å². The van der Waals surface area contributed by atoms with Crippen LogP contribution in [0.25, 0.3) is 6.08 Å². The first-order valence-electron chi connectivity index (χ1n) is 6.84. The van der Waals surface area contributed by atoms with Crippen LogP contribution in [0.2, 0.25) is 0 Å². The molecule has 3 heteroatoms. The van der Waals surface area contributed by atoms with Gasteiger partial charge in [-0.1, -0.05) is 26.0 Å². The van der Waals surface area contributed by atoms with Gasteiger partial charge in [0.05, 0.1) is 0 Å². The Balaban J connectivity index is 2.07. The monoisotopic (exact) mass is 259 g/mol. The summed E-state index contributed by atoms with van der Waals surface area (Å²) in [5.74, 6) is -0.912. The minimum Gasteiger partial charge on any atom is -0.478 e. The van der Waals surface area contributed by atoms with Gasteiger partial charge in [-0.15, -0.1) is 0 Å². The van der Waals surface area contributed by atoms with Crippen molar-refractivity contribution in [3.8, 4) is 0 Å². The van der Waals surface area contributed by atoms with Gasteiger partial charge in [0.1, 0.15) is 0 Å². The Morgan fingerprint density at radius 3 is 2.63 bits per heavy atom.